The van der Waals surface area contributed by atoms with Gasteiger partial charge in [-0.3, -0.25) is 0 Å². The van der Waals surface area contributed by atoms with Gasteiger partial charge in [0.05, 0.1) is 31.5 Å². The molecule has 0 aromatic carbocycles. The molecule has 1 fully saturated rings. The van der Waals surface area contributed by atoms with Gasteiger partial charge in [0.25, 0.3) is 0 Å². The summed E-state index contributed by atoms with van der Waals surface area (Å²) in [7, 11) is 0. The van der Waals surface area contributed by atoms with Crippen molar-refractivity contribution in [1.82, 2.24) is 25.0 Å². The molecule has 21 heavy (non-hydrogen) atoms. The van der Waals surface area contributed by atoms with Crippen molar-refractivity contribution in [3.8, 4) is 0 Å². The van der Waals surface area contributed by atoms with Crippen LogP contribution >= 0.6 is 0 Å². The van der Waals surface area contributed by atoms with Gasteiger partial charge in [-0.05, 0) is 6.07 Å². The van der Waals surface area contributed by atoms with E-state index in [2.05, 4.69) is 25.6 Å². The minimum absolute atomic E-state index is 0.0922. The van der Waals surface area contributed by atoms with Crippen LogP contribution < -0.4 is 5.32 Å². The average Bonchev–Trinajstić information content (AvgIpc) is 3.08. The predicted octanol–water partition coefficient (Wildman–Crippen LogP) is 1.14. The van der Waals surface area contributed by atoms with E-state index >= 15 is 0 Å². The molecular formula is C11H11F3N6O. The lowest BCUT2D eigenvalue weighted by molar-refractivity contribution is -0.141. The second kappa shape index (κ2) is 5.28. The van der Waals surface area contributed by atoms with Crippen LogP contribution in [0.5, 0.6) is 0 Å². The Morgan fingerprint density at radius 3 is 2.86 bits per heavy atom. The van der Waals surface area contributed by atoms with Crippen LogP contribution in [0.3, 0.4) is 0 Å². The molecule has 0 spiro atoms. The first kappa shape index (κ1) is 13.7. The summed E-state index contributed by atoms with van der Waals surface area (Å²) in [6.45, 7) is 0.712. The quantitative estimate of drug-likeness (QED) is 0.916. The lowest BCUT2D eigenvalue weighted by Gasteiger charge is -2.19. The molecule has 10 heteroatoms. The summed E-state index contributed by atoms with van der Waals surface area (Å²) < 4.78 is 44.8. The minimum Gasteiger partial charge on any atom is -0.377 e. The van der Waals surface area contributed by atoms with Crippen LogP contribution in [0.2, 0.25) is 0 Å². The molecule has 2 atom stereocenters. The summed E-state index contributed by atoms with van der Waals surface area (Å²) in [6.07, 6.45) is -0.244. The Kier molecular flexibility index (Phi) is 3.45. The van der Waals surface area contributed by atoms with Gasteiger partial charge in [-0.25, -0.2) is 14.6 Å². The maximum absolute atomic E-state index is 12.6. The Morgan fingerprint density at radius 1 is 1.29 bits per heavy atom. The van der Waals surface area contributed by atoms with E-state index < -0.39 is 11.9 Å². The number of ether oxygens (including phenoxy) is 1. The molecule has 2 aromatic rings. The first-order chi connectivity index (χ1) is 10.0. The summed E-state index contributed by atoms with van der Waals surface area (Å²) in [5.41, 5.74) is -0.990. The number of hydrogen-bond acceptors (Lipinski definition) is 6. The van der Waals surface area contributed by atoms with E-state index in [1.165, 1.54) is 6.20 Å². The number of hydrogen-bond donors (Lipinski definition) is 1. The third kappa shape index (κ3) is 2.94. The molecule has 1 N–H and O–H groups in total. The second-order valence-electron chi connectivity index (χ2n) is 4.50. The predicted molar refractivity (Wildman–Crippen MR) is 64.3 cm³/mol. The summed E-state index contributed by atoms with van der Waals surface area (Å²) in [5.74, 6) is -0.0922. The number of nitrogens with one attached hydrogen (secondary N) is 1. The maximum atomic E-state index is 12.6. The Hall–Kier alpha value is -2.23. The Balaban J connectivity index is 1.77. The highest BCUT2D eigenvalue weighted by molar-refractivity contribution is 5.28. The van der Waals surface area contributed by atoms with Crippen molar-refractivity contribution in [3.05, 3.63) is 30.4 Å². The number of alkyl halides is 3. The van der Waals surface area contributed by atoms with E-state index in [0.29, 0.717) is 13.2 Å². The molecule has 1 aliphatic heterocycles. The number of halogens is 3. The van der Waals surface area contributed by atoms with Crippen molar-refractivity contribution in [1.29, 1.82) is 0 Å². The Labute approximate surface area is 117 Å². The molecule has 7 nitrogen and oxygen atoms in total. The fraction of sp³-hybridized carbons (Fsp3) is 0.455. The van der Waals surface area contributed by atoms with Gasteiger partial charge in [0, 0.05) is 12.4 Å². The molecule has 0 unspecified atom stereocenters. The van der Waals surface area contributed by atoms with E-state index in [4.69, 9.17) is 4.74 Å². The number of aromatic nitrogens is 5. The highest BCUT2D eigenvalue weighted by atomic mass is 19.4. The normalized spacial score (nSPS) is 22.4. The van der Waals surface area contributed by atoms with Crippen molar-refractivity contribution in [2.75, 3.05) is 18.5 Å². The summed E-state index contributed by atoms with van der Waals surface area (Å²) in [6, 6.07) is 0.367. The minimum atomic E-state index is -4.50. The molecule has 112 valence electrons. The molecule has 1 aliphatic rings. The number of anilines is 1. The zero-order valence-corrected chi connectivity index (χ0v) is 10.7. The molecule has 0 radical (unpaired) electrons. The molecule has 3 heterocycles. The topological polar surface area (TPSA) is 77.8 Å². The third-order valence-electron chi connectivity index (χ3n) is 3.09. The van der Waals surface area contributed by atoms with E-state index in [9.17, 15) is 13.2 Å². The van der Waals surface area contributed by atoms with Crippen LogP contribution in [-0.4, -0.2) is 44.2 Å². The van der Waals surface area contributed by atoms with Crippen molar-refractivity contribution >= 4 is 5.95 Å². The van der Waals surface area contributed by atoms with Crippen LogP contribution in [-0.2, 0) is 10.9 Å². The van der Waals surface area contributed by atoms with Gasteiger partial charge in [-0.2, -0.15) is 13.2 Å². The van der Waals surface area contributed by atoms with Crippen LogP contribution in [0.25, 0.3) is 0 Å². The standard InChI is InChI=1S/C11H11F3N6O/c12-11(13,14)9-1-2-15-10(18-9)17-7-5-21-6-8(7)20-4-3-16-19-20/h1-4,7-8H,5-6H2,(H,15,17,18)/t7-,8+/m0/s1. The number of rotatable bonds is 3. The van der Waals surface area contributed by atoms with E-state index in [1.54, 1.807) is 10.9 Å². The fourth-order valence-electron chi connectivity index (χ4n) is 2.09. The average molecular weight is 300 g/mol. The van der Waals surface area contributed by atoms with Crippen LogP contribution in [0, 0.1) is 0 Å². The first-order valence-corrected chi connectivity index (χ1v) is 6.14. The number of nitrogens with zero attached hydrogens (tertiary/aromatic N) is 5. The molecule has 3 rings (SSSR count). The molecular weight excluding hydrogens is 289 g/mol. The van der Waals surface area contributed by atoms with E-state index in [1.807, 2.05) is 0 Å². The highest BCUT2D eigenvalue weighted by Gasteiger charge is 2.34. The van der Waals surface area contributed by atoms with E-state index in [0.717, 1.165) is 12.3 Å². The largest absolute Gasteiger partial charge is 0.433 e. The molecule has 0 aliphatic carbocycles. The van der Waals surface area contributed by atoms with Gasteiger partial charge >= 0.3 is 6.18 Å². The van der Waals surface area contributed by atoms with Crippen molar-refractivity contribution in [3.63, 3.8) is 0 Å². The van der Waals surface area contributed by atoms with Gasteiger partial charge < -0.3 is 10.1 Å². The van der Waals surface area contributed by atoms with Gasteiger partial charge in [0.2, 0.25) is 5.95 Å². The lowest BCUT2D eigenvalue weighted by Crippen LogP contribution is -2.31. The highest BCUT2D eigenvalue weighted by Crippen LogP contribution is 2.28. The lowest BCUT2D eigenvalue weighted by atomic mass is 10.2. The van der Waals surface area contributed by atoms with Gasteiger partial charge in [-0.1, -0.05) is 5.21 Å². The summed E-state index contributed by atoms with van der Waals surface area (Å²) in [4.78, 5) is 7.28. The first-order valence-electron chi connectivity index (χ1n) is 6.14. The Bertz CT molecular complexity index is 602. The maximum Gasteiger partial charge on any atom is 0.433 e. The smallest absolute Gasteiger partial charge is 0.377 e. The molecule has 0 amide bonds. The van der Waals surface area contributed by atoms with Gasteiger partial charge in [0.1, 0.15) is 5.69 Å². The molecule has 1 saturated heterocycles. The molecule has 2 aromatic heterocycles. The van der Waals surface area contributed by atoms with Crippen LogP contribution in [0.4, 0.5) is 19.1 Å². The molecule has 0 bridgehead atoms. The zero-order chi connectivity index (χ0) is 14.9. The van der Waals surface area contributed by atoms with Gasteiger partial charge in [0.15, 0.2) is 0 Å². The van der Waals surface area contributed by atoms with E-state index in [-0.39, 0.29) is 18.0 Å². The second-order valence-corrected chi connectivity index (χ2v) is 4.50. The van der Waals surface area contributed by atoms with Gasteiger partial charge in [-0.15, -0.1) is 5.10 Å². The van der Waals surface area contributed by atoms with Crippen molar-refractivity contribution in [2.24, 2.45) is 0 Å². The SMILES string of the molecule is FC(F)(F)c1ccnc(N[C@H]2COC[C@H]2n2ccnn2)n1. The van der Waals surface area contributed by atoms with Crippen molar-refractivity contribution < 1.29 is 17.9 Å². The fourth-order valence-corrected chi connectivity index (χ4v) is 2.09. The molecule has 0 saturated carbocycles. The Morgan fingerprint density at radius 2 is 2.14 bits per heavy atom. The van der Waals surface area contributed by atoms with Crippen molar-refractivity contribution in [2.45, 2.75) is 18.3 Å². The monoisotopic (exact) mass is 300 g/mol. The zero-order valence-electron chi connectivity index (χ0n) is 10.7. The van der Waals surface area contributed by atoms with Crippen LogP contribution in [0.1, 0.15) is 11.7 Å². The summed E-state index contributed by atoms with van der Waals surface area (Å²) >= 11 is 0. The third-order valence-corrected chi connectivity index (χ3v) is 3.09. The van der Waals surface area contributed by atoms with Crippen LogP contribution in [0.15, 0.2) is 24.7 Å². The summed E-state index contributed by atoms with van der Waals surface area (Å²) in [5, 5.41) is 10.4.